The minimum absolute atomic E-state index is 0.0284. The van der Waals surface area contributed by atoms with E-state index in [-0.39, 0.29) is 35.6 Å². The van der Waals surface area contributed by atoms with Gasteiger partial charge in [0.05, 0.1) is 11.1 Å². The number of aryl methyl sites for hydroxylation is 1. The first-order valence-corrected chi connectivity index (χ1v) is 11.3. The van der Waals surface area contributed by atoms with Crippen molar-refractivity contribution in [2.24, 2.45) is 0 Å². The molecular formula is C24H23ClF2N2O5. The highest BCUT2D eigenvalue weighted by Gasteiger charge is 2.69. The zero-order valence-electron chi connectivity index (χ0n) is 18.3. The first-order chi connectivity index (χ1) is 16.1. The number of fused-ring (bicyclic) bond motifs is 1. The van der Waals surface area contributed by atoms with E-state index in [0.29, 0.717) is 36.1 Å². The first kappa shape index (κ1) is 22.9. The Bertz CT molecular complexity index is 1170. The average molecular weight is 493 g/mol. The summed E-state index contributed by atoms with van der Waals surface area (Å²) in [6.45, 7) is 1.32. The van der Waals surface area contributed by atoms with Crippen molar-refractivity contribution in [2.75, 3.05) is 6.61 Å². The van der Waals surface area contributed by atoms with Crippen molar-refractivity contribution in [1.29, 1.82) is 0 Å². The van der Waals surface area contributed by atoms with Crippen LogP contribution in [0.1, 0.15) is 42.9 Å². The Morgan fingerprint density at radius 1 is 1.15 bits per heavy atom. The third-order valence-corrected chi connectivity index (χ3v) is 7.04. The number of ether oxygens (including phenoxy) is 2. The molecule has 2 aromatic carbocycles. The SMILES string of the molecule is Cc1cc2c(cc1F)C(O)CC(C(=O)NC13CC(NC(=O)COc4ccc(Cl)c(F)c4)(C1)C3)O2. The van der Waals surface area contributed by atoms with Crippen molar-refractivity contribution >= 4 is 23.4 Å². The summed E-state index contributed by atoms with van der Waals surface area (Å²) in [4.78, 5) is 25.1. The molecule has 4 aliphatic rings. The second-order valence-electron chi connectivity index (χ2n) is 9.49. The summed E-state index contributed by atoms with van der Waals surface area (Å²) < 4.78 is 38.3. The molecule has 3 fully saturated rings. The van der Waals surface area contributed by atoms with Crippen molar-refractivity contribution in [3.63, 3.8) is 0 Å². The molecule has 1 heterocycles. The van der Waals surface area contributed by atoms with Crippen molar-refractivity contribution in [2.45, 2.75) is 55.9 Å². The molecule has 0 radical (unpaired) electrons. The van der Waals surface area contributed by atoms with Crippen molar-refractivity contribution < 1.29 is 33.0 Å². The number of amides is 2. The Hall–Kier alpha value is -2.91. The van der Waals surface area contributed by atoms with E-state index < -0.39 is 34.9 Å². The molecule has 1 aliphatic heterocycles. The Kier molecular flexibility index (Phi) is 5.44. The van der Waals surface area contributed by atoms with E-state index in [1.54, 1.807) is 6.92 Å². The molecule has 3 aliphatic carbocycles. The topological polar surface area (TPSA) is 96.9 Å². The number of carbonyl (C=O) groups excluding carboxylic acids is 2. The molecular weight excluding hydrogens is 470 g/mol. The molecule has 34 heavy (non-hydrogen) atoms. The van der Waals surface area contributed by atoms with Crippen LogP contribution in [0.15, 0.2) is 30.3 Å². The largest absolute Gasteiger partial charge is 0.484 e. The molecule has 2 unspecified atom stereocenters. The van der Waals surface area contributed by atoms with Crippen LogP contribution in [0, 0.1) is 18.6 Å². The highest BCUT2D eigenvalue weighted by atomic mass is 35.5. The lowest BCUT2D eigenvalue weighted by Crippen LogP contribution is -2.84. The predicted molar refractivity (Wildman–Crippen MR) is 118 cm³/mol. The molecule has 3 saturated carbocycles. The van der Waals surface area contributed by atoms with Gasteiger partial charge in [0, 0.05) is 29.1 Å². The molecule has 2 aromatic rings. The van der Waals surface area contributed by atoms with E-state index in [0.717, 1.165) is 6.07 Å². The fourth-order valence-corrected chi connectivity index (χ4v) is 5.28. The van der Waals surface area contributed by atoms with Crippen molar-refractivity contribution in [3.05, 3.63) is 58.1 Å². The summed E-state index contributed by atoms with van der Waals surface area (Å²) in [7, 11) is 0. The lowest BCUT2D eigenvalue weighted by atomic mass is 9.44. The number of nitrogens with one attached hydrogen (secondary N) is 2. The molecule has 2 bridgehead atoms. The quantitative estimate of drug-likeness (QED) is 0.576. The van der Waals surface area contributed by atoms with Gasteiger partial charge in [-0.3, -0.25) is 9.59 Å². The van der Waals surface area contributed by atoms with E-state index in [4.69, 9.17) is 21.1 Å². The van der Waals surface area contributed by atoms with Crippen LogP contribution in [0.4, 0.5) is 8.78 Å². The van der Waals surface area contributed by atoms with Crippen LogP contribution in [-0.4, -0.2) is 40.7 Å². The van der Waals surface area contributed by atoms with Gasteiger partial charge in [0.2, 0.25) is 0 Å². The van der Waals surface area contributed by atoms with E-state index in [1.807, 2.05) is 0 Å². The lowest BCUT2D eigenvalue weighted by molar-refractivity contribution is -0.155. The Morgan fingerprint density at radius 2 is 1.85 bits per heavy atom. The van der Waals surface area contributed by atoms with Crippen LogP contribution in [0.5, 0.6) is 11.5 Å². The number of halogens is 3. The van der Waals surface area contributed by atoms with Crippen LogP contribution >= 0.6 is 11.6 Å². The third kappa shape index (κ3) is 4.07. The number of aliphatic hydroxyl groups excluding tert-OH is 1. The summed E-state index contributed by atoms with van der Waals surface area (Å²) in [6, 6.07) is 6.67. The number of rotatable bonds is 6. The van der Waals surface area contributed by atoms with Gasteiger partial charge in [-0.05, 0) is 56.0 Å². The van der Waals surface area contributed by atoms with Crippen molar-refractivity contribution in [1.82, 2.24) is 10.6 Å². The highest BCUT2D eigenvalue weighted by molar-refractivity contribution is 6.30. The Balaban J connectivity index is 1.11. The number of hydrogen-bond acceptors (Lipinski definition) is 5. The maximum absolute atomic E-state index is 13.8. The Labute approximate surface area is 199 Å². The van der Waals surface area contributed by atoms with Gasteiger partial charge in [-0.1, -0.05) is 11.6 Å². The van der Waals surface area contributed by atoms with Crippen LogP contribution in [0.3, 0.4) is 0 Å². The average Bonchev–Trinajstić information content (AvgIpc) is 2.73. The molecule has 2 atom stereocenters. The summed E-state index contributed by atoms with van der Waals surface area (Å²) >= 11 is 5.63. The number of aliphatic hydroxyl groups is 1. The second kappa shape index (κ2) is 8.09. The van der Waals surface area contributed by atoms with Gasteiger partial charge in [0.1, 0.15) is 23.1 Å². The molecule has 6 rings (SSSR count). The van der Waals surface area contributed by atoms with Gasteiger partial charge in [0.15, 0.2) is 12.7 Å². The standard InChI is InChI=1S/C24H23ClF2N2O5/c1-12-4-19-14(6-16(12)26)18(30)7-20(34-19)22(32)29-24-9-23(10-24,11-24)28-21(31)8-33-13-2-3-15(25)17(27)5-13/h2-6,18,20,30H,7-11H2,1H3,(H,28,31)(H,29,32). The monoisotopic (exact) mass is 492 g/mol. The number of hydrogen-bond donors (Lipinski definition) is 3. The van der Waals surface area contributed by atoms with Crippen LogP contribution in [0.2, 0.25) is 5.02 Å². The first-order valence-electron chi connectivity index (χ1n) is 10.9. The number of benzene rings is 2. The van der Waals surface area contributed by atoms with Crippen LogP contribution in [-0.2, 0) is 9.59 Å². The molecule has 0 saturated heterocycles. The van der Waals surface area contributed by atoms with Crippen LogP contribution < -0.4 is 20.1 Å². The zero-order valence-corrected chi connectivity index (χ0v) is 19.0. The second-order valence-corrected chi connectivity index (χ2v) is 9.90. The maximum Gasteiger partial charge on any atom is 0.261 e. The van der Waals surface area contributed by atoms with Gasteiger partial charge < -0.3 is 25.2 Å². The minimum Gasteiger partial charge on any atom is -0.484 e. The smallest absolute Gasteiger partial charge is 0.261 e. The van der Waals surface area contributed by atoms with E-state index in [1.165, 1.54) is 24.3 Å². The van der Waals surface area contributed by atoms with Crippen molar-refractivity contribution in [3.8, 4) is 11.5 Å². The molecule has 7 nitrogen and oxygen atoms in total. The van der Waals surface area contributed by atoms with Gasteiger partial charge in [-0.15, -0.1) is 0 Å². The molecule has 0 spiro atoms. The molecule has 180 valence electrons. The normalized spacial score (nSPS) is 28.5. The van der Waals surface area contributed by atoms with E-state index >= 15 is 0 Å². The molecule has 0 aromatic heterocycles. The molecule has 2 amide bonds. The zero-order chi connectivity index (χ0) is 24.3. The highest BCUT2D eigenvalue weighted by Crippen LogP contribution is 2.60. The fourth-order valence-electron chi connectivity index (χ4n) is 5.17. The minimum atomic E-state index is -0.998. The van der Waals surface area contributed by atoms with Gasteiger partial charge in [-0.2, -0.15) is 0 Å². The van der Waals surface area contributed by atoms with Gasteiger partial charge in [0.25, 0.3) is 11.8 Å². The lowest BCUT2D eigenvalue weighted by Gasteiger charge is -2.70. The van der Waals surface area contributed by atoms with Gasteiger partial charge >= 0.3 is 0 Å². The maximum atomic E-state index is 13.8. The predicted octanol–water partition coefficient (Wildman–Crippen LogP) is 3.10. The summed E-state index contributed by atoms with van der Waals surface area (Å²) in [5.41, 5.74) is -0.109. The summed E-state index contributed by atoms with van der Waals surface area (Å²) in [5.74, 6) is -1.24. The number of carbonyl (C=O) groups is 2. The van der Waals surface area contributed by atoms with Crippen LogP contribution in [0.25, 0.3) is 0 Å². The summed E-state index contributed by atoms with van der Waals surface area (Å²) in [6.07, 6.45) is -0.139. The van der Waals surface area contributed by atoms with Gasteiger partial charge in [-0.25, -0.2) is 8.78 Å². The van der Waals surface area contributed by atoms with E-state index in [9.17, 15) is 23.5 Å². The molecule has 10 heteroatoms. The van der Waals surface area contributed by atoms with E-state index in [2.05, 4.69) is 10.6 Å². The molecule has 3 N–H and O–H groups in total. The third-order valence-electron chi connectivity index (χ3n) is 6.73. The fraction of sp³-hybridized carbons (Fsp3) is 0.417. The summed E-state index contributed by atoms with van der Waals surface area (Å²) in [5, 5.41) is 16.2. The Morgan fingerprint density at radius 3 is 2.56 bits per heavy atom.